The molecule has 82 valence electrons. The molecule has 0 atom stereocenters. The van der Waals surface area contributed by atoms with E-state index in [4.69, 9.17) is 4.42 Å². The van der Waals surface area contributed by atoms with Gasteiger partial charge in [0.15, 0.2) is 0 Å². The largest absolute Gasteiger partial charge is 0.464 e. The number of benzene rings is 1. The van der Waals surface area contributed by atoms with E-state index in [1.807, 2.05) is 0 Å². The van der Waals surface area contributed by atoms with Gasteiger partial charge < -0.3 is 9.73 Å². The van der Waals surface area contributed by atoms with Crippen molar-refractivity contribution in [2.24, 2.45) is 0 Å². The number of rotatable bonds is 1. The average Bonchev–Trinajstić information content (AvgIpc) is 2.73. The summed E-state index contributed by atoms with van der Waals surface area (Å²) in [6, 6.07) is 4.69. The van der Waals surface area contributed by atoms with Gasteiger partial charge in [-0.15, -0.1) is 0 Å². The number of furan rings is 1. The van der Waals surface area contributed by atoms with E-state index in [1.165, 1.54) is 17.7 Å². The van der Waals surface area contributed by atoms with Gasteiger partial charge in [0, 0.05) is 23.6 Å². The summed E-state index contributed by atoms with van der Waals surface area (Å²) in [6.45, 7) is 1.88. The van der Waals surface area contributed by atoms with Gasteiger partial charge in [-0.25, -0.2) is 4.39 Å². The summed E-state index contributed by atoms with van der Waals surface area (Å²) in [5, 5.41) is 4.26. The summed E-state index contributed by atoms with van der Waals surface area (Å²) in [5.41, 5.74) is 3.00. The molecular weight excluding hydrogens is 205 g/mol. The molecule has 0 aliphatic carbocycles. The zero-order valence-corrected chi connectivity index (χ0v) is 8.79. The van der Waals surface area contributed by atoms with Gasteiger partial charge >= 0.3 is 0 Å². The van der Waals surface area contributed by atoms with Crippen LogP contribution in [-0.2, 0) is 0 Å². The molecule has 2 nitrogen and oxygen atoms in total. The Bertz CT molecular complexity index is 556. The van der Waals surface area contributed by atoms with Crippen LogP contribution < -0.4 is 5.32 Å². The number of halogens is 1. The smallest absolute Gasteiger partial charge is 0.137 e. The second-order valence-electron chi connectivity index (χ2n) is 3.97. The molecule has 2 heterocycles. The Morgan fingerprint density at radius 2 is 2.25 bits per heavy atom. The molecule has 0 radical (unpaired) electrons. The molecule has 0 spiro atoms. The van der Waals surface area contributed by atoms with E-state index in [2.05, 4.69) is 11.4 Å². The molecule has 0 saturated heterocycles. The van der Waals surface area contributed by atoms with Gasteiger partial charge in [-0.05, 0) is 30.7 Å². The average molecular weight is 217 g/mol. The van der Waals surface area contributed by atoms with Crippen molar-refractivity contribution in [3.8, 4) is 0 Å². The van der Waals surface area contributed by atoms with Gasteiger partial charge in [-0.3, -0.25) is 0 Å². The Kier molecular flexibility index (Phi) is 2.26. The van der Waals surface area contributed by atoms with Crippen LogP contribution in [-0.4, -0.2) is 13.1 Å². The van der Waals surface area contributed by atoms with Crippen LogP contribution in [0.15, 0.2) is 35.0 Å². The van der Waals surface area contributed by atoms with Gasteiger partial charge in [0.2, 0.25) is 0 Å². The van der Waals surface area contributed by atoms with Crippen LogP contribution in [0, 0.1) is 5.82 Å². The molecule has 1 N–H and O–H groups in total. The maximum atomic E-state index is 13.0. The number of hydrogen-bond donors (Lipinski definition) is 1. The first kappa shape index (κ1) is 9.60. The van der Waals surface area contributed by atoms with Crippen LogP contribution in [0.1, 0.15) is 12.0 Å². The van der Waals surface area contributed by atoms with Crippen molar-refractivity contribution in [3.63, 3.8) is 0 Å². The molecule has 0 saturated carbocycles. The molecule has 2 aromatic rings. The van der Waals surface area contributed by atoms with E-state index in [0.717, 1.165) is 30.5 Å². The fourth-order valence-electron chi connectivity index (χ4n) is 2.12. The number of fused-ring (bicyclic) bond motifs is 1. The fraction of sp³-hybridized carbons (Fsp3) is 0.231. The standard InChI is InChI=1S/C13H12FNO/c14-10-1-2-11-12(8-16-13(11)7-10)9-3-5-15-6-4-9/h1-3,7-8,15H,4-6H2. The first-order valence-electron chi connectivity index (χ1n) is 5.41. The SMILES string of the molecule is Fc1ccc2c(C3=CCNCC3)coc2c1. The lowest BCUT2D eigenvalue weighted by Crippen LogP contribution is -2.19. The highest BCUT2D eigenvalue weighted by Gasteiger charge is 2.12. The van der Waals surface area contributed by atoms with E-state index in [1.54, 1.807) is 12.3 Å². The third-order valence-electron chi connectivity index (χ3n) is 2.95. The quantitative estimate of drug-likeness (QED) is 0.794. The van der Waals surface area contributed by atoms with Gasteiger partial charge in [-0.2, -0.15) is 0 Å². The Balaban J connectivity index is 2.13. The summed E-state index contributed by atoms with van der Waals surface area (Å²) in [6.07, 6.45) is 4.88. The molecule has 0 bridgehead atoms. The minimum atomic E-state index is -0.257. The molecule has 1 aliphatic rings. The van der Waals surface area contributed by atoms with Crippen LogP contribution in [0.2, 0.25) is 0 Å². The molecule has 1 aromatic carbocycles. The van der Waals surface area contributed by atoms with Crippen LogP contribution in [0.4, 0.5) is 4.39 Å². The highest BCUT2D eigenvalue weighted by atomic mass is 19.1. The van der Waals surface area contributed by atoms with Gasteiger partial charge in [0.25, 0.3) is 0 Å². The Morgan fingerprint density at radius 3 is 3.06 bits per heavy atom. The summed E-state index contributed by atoms with van der Waals surface area (Å²) in [5.74, 6) is -0.257. The molecule has 3 heteroatoms. The predicted molar refractivity (Wildman–Crippen MR) is 61.6 cm³/mol. The third-order valence-corrected chi connectivity index (χ3v) is 2.95. The van der Waals surface area contributed by atoms with Crippen molar-refractivity contribution in [2.75, 3.05) is 13.1 Å². The predicted octanol–water partition coefficient (Wildman–Crippen LogP) is 2.95. The van der Waals surface area contributed by atoms with E-state index in [9.17, 15) is 4.39 Å². The second-order valence-corrected chi connectivity index (χ2v) is 3.97. The monoisotopic (exact) mass is 217 g/mol. The molecule has 3 rings (SSSR count). The zero-order valence-electron chi connectivity index (χ0n) is 8.79. The van der Waals surface area contributed by atoms with Crippen molar-refractivity contribution >= 4 is 16.5 Å². The van der Waals surface area contributed by atoms with Crippen LogP contribution in [0.5, 0.6) is 0 Å². The number of nitrogens with one attached hydrogen (secondary N) is 1. The Hall–Kier alpha value is -1.61. The second kappa shape index (κ2) is 3.76. The lowest BCUT2D eigenvalue weighted by atomic mass is 10.00. The molecule has 16 heavy (non-hydrogen) atoms. The number of hydrogen-bond acceptors (Lipinski definition) is 2. The first-order chi connectivity index (χ1) is 7.84. The van der Waals surface area contributed by atoms with E-state index < -0.39 is 0 Å². The molecule has 0 fully saturated rings. The lowest BCUT2D eigenvalue weighted by Gasteiger charge is -2.12. The van der Waals surface area contributed by atoms with E-state index in [0.29, 0.717) is 5.58 Å². The summed E-state index contributed by atoms with van der Waals surface area (Å²) in [7, 11) is 0. The summed E-state index contributed by atoms with van der Waals surface area (Å²) in [4.78, 5) is 0. The maximum absolute atomic E-state index is 13.0. The highest BCUT2D eigenvalue weighted by Crippen LogP contribution is 2.29. The normalized spacial score (nSPS) is 16.4. The summed E-state index contributed by atoms with van der Waals surface area (Å²) >= 11 is 0. The topological polar surface area (TPSA) is 25.2 Å². The Labute approximate surface area is 92.8 Å². The Morgan fingerprint density at radius 1 is 1.31 bits per heavy atom. The van der Waals surface area contributed by atoms with Crippen LogP contribution in [0.3, 0.4) is 0 Å². The molecule has 0 amide bonds. The van der Waals surface area contributed by atoms with Crippen molar-refractivity contribution in [1.82, 2.24) is 5.32 Å². The van der Waals surface area contributed by atoms with Crippen LogP contribution in [0.25, 0.3) is 16.5 Å². The molecule has 1 aliphatic heterocycles. The first-order valence-corrected chi connectivity index (χ1v) is 5.41. The minimum absolute atomic E-state index is 0.257. The van der Waals surface area contributed by atoms with Crippen LogP contribution >= 0.6 is 0 Å². The van der Waals surface area contributed by atoms with E-state index in [-0.39, 0.29) is 5.82 Å². The maximum Gasteiger partial charge on any atom is 0.137 e. The molecule has 0 unspecified atom stereocenters. The third kappa shape index (κ3) is 1.53. The van der Waals surface area contributed by atoms with Crippen molar-refractivity contribution in [3.05, 3.63) is 41.9 Å². The van der Waals surface area contributed by atoms with Crippen molar-refractivity contribution in [1.29, 1.82) is 0 Å². The van der Waals surface area contributed by atoms with Crippen molar-refractivity contribution < 1.29 is 8.81 Å². The minimum Gasteiger partial charge on any atom is -0.464 e. The lowest BCUT2D eigenvalue weighted by molar-refractivity contribution is 0.598. The molecule has 1 aromatic heterocycles. The van der Waals surface area contributed by atoms with Gasteiger partial charge in [0.05, 0.1) is 6.26 Å². The van der Waals surface area contributed by atoms with Crippen molar-refractivity contribution in [2.45, 2.75) is 6.42 Å². The fourth-order valence-corrected chi connectivity index (χ4v) is 2.12. The van der Waals surface area contributed by atoms with E-state index >= 15 is 0 Å². The zero-order chi connectivity index (χ0) is 11.0. The highest BCUT2D eigenvalue weighted by molar-refractivity contribution is 5.91. The van der Waals surface area contributed by atoms with Gasteiger partial charge in [-0.1, -0.05) is 6.08 Å². The molecular formula is C13H12FNO. The summed E-state index contributed by atoms with van der Waals surface area (Å²) < 4.78 is 18.4. The van der Waals surface area contributed by atoms with Gasteiger partial charge in [0.1, 0.15) is 11.4 Å².